The summed E-state index contributed by atoms with van der Waals surface area (Å²) in [6, 6.07) is 4.83. The fraction of sp³-hybridized carbons (Fsp3) is 0.500. The van der Waals surface area contributed by atoms with Crippen LogP contribution in [0, 0.1) is 11.3 Å². The Morgan fingerprint density at radius 3 is 2.63 bits per heavy atom. The minimum atomic E-state index is -0.362. The molecule has 2 amide bonds. The zero-order valence-corrected chi connectivity index (χ0v) is 12.1. The summed E-state index contributed by atoms with van der Waals surface area (Å²) in [5.41, 5.74) is 0.224. The summed E-state index contributed by atoms with van der Waals surface area (Å²) in [5.74, 6) is -0.311. The van der Waals surface area contributed by atoms with E-state index in [1.165, 1.54) is 4.90 Å². The molecule has 0 bridgehead atoms. The highest BCUT2D eigenvalue weighted by Gasteiger charge is 2.40. The Morgan fingerprint density at radius 2 is 2.11 bits per heavy atom. The molecule has 1 fully saturated rings. The van der Waals surface area contributed by atoms with Crippen molar-refractivity contribution in [2.24, 2.45) is 11.3 Å². The standard InChI is InChI=1S/C14H17ClN2O2/c1-14(2,3)9-7-12(18)17(8-9)13(19)10-5-4-6-11(15)16-10/h4-6,9H,7-8H2,1-3H3. The van der Waals surface area contributed by atoms with Crippen LogP contribution in [0.25, 0.3) is 0 Å². The largest absolute Gasteiger partial charge is 0.279 e. The second kappa shape index (κ2) is 4.93. The molecule has 0 N–H and O–H groups in total. The quantitative estimate of drug-likeness (QED) is 0.587. The Hall–Kier alpha value is -1.42. The highest BCUT2D eigenvalue weighted by atomic mass is 35.5. The van der Waals surface area contributed by atoms with Crippen molar-refractivity contribution in [3.63, 3.8) is 0 Å². The fourth-order valence-corrected chi connectivity index (χ4v) is 2.31. The molecule has 0 radical (unpaired) electrons. The average Bonchev–Trinajstić information content (AvgIpc) is 2.70. The van der Waals surface area contributed by atoms with Crippen molar-refractivity contribution < 1.29 is 9.59 Å². The van der Waals surface area contributed by atoms with Crippen molar-refractivity contribution >= 4 is 23.4 Å². The van der Waals surface area contributed by atoms with E-state index in [4.69, 9.17) is 11.6 Å². The minimum absolute atomic E-state index is 0.00640. The van der Waals surface area contributed by atoms with Gasteiger partial charge in [0, 0.05) is 13.0 Å². The van der Waals surface area contributed by atoms with E-state index < -0.39 is 0 Å². The summed E-state index contributed by atoms with van der Waals surface area (Å²) in [6.07, 6.45) is 0.413. The van der Waals surface area contributed by atoms with Crippen molar-refractivity contribution in [1.82, 2.24) is 9.88 Å². The van der Waals surface area contributed by atoms with E-state index in [1.54, 1.807) is 18.2 Å². The Morgan fingerprint density at radius 1 is 1.42 bits per heavy atom. The molecule has 2 heterocycles. The van der Waals surface area contributed by atoms with Crippen LogP contribution in [0.5, 0.6) is 0 Å². The van der Waals surface area contributed by atoms with Gasteiger partial charge in [0.25, 0.3) is 5.91 Å². The molecule has 0 spiro atoms. The molecular weight excluding hydrogens is 264 g/mol. The molecule has 5 heteroatoms. The van der Waals surface area contributed by atoms with Gasteiger partial charge in [-0.2, -0.15) is 0 Å². The summed E-state index contributed by atoms with van der Waals surface area (Å²) in [5, 5.41) is 0.255. The van der Waals surface area contributed by atoms with Gasteiger partial charge in [0.2, 0.25) is 5.91 Å². The van der Waals surface area contributed by atoms with E-state index in [9.17, 15) is 9.59 Å². The Bertz CT molecular complexity index is 522. The van der Waals surface area contributed by atoms with Crippen LogP contribution < -0.4 is 0 Å². The number of halogens is 1. The molecular formula is C14H17ClN2O2. The van der Waals surface area contributed by atoms with Crippen LogP contribution in [0.15, 0.2) is 18.2 Å². The van der Waals surface area contributed by atoms with Crippen LogP contribution >= 0.6 is 11.6 Å². The third-order valence-electron chi connectivity index (χ3n) is 3.53. The SMILES string of the molecule is CC(C)(C)C1CC(=O)N(C(=O)c2cccc(Cl)n2)C1. The van der Waals surface area contributed by atoms with Crippen LogP contribution in [0.4, 0.5) is 0 Å². The zero-order valence-electron chi connectivity index (χ0n) is 11.3. The average molecular weight is 281 g/mol. The fourth-order valence-electron chi connectivity index (χ4n) is 2.15. The molecule has 102 valence electrons. The summed E-state index contributed by atoms with van der Waals surface area (Å²) >= 11 is 5.77. The molecule has 1 saturated heterocycles. The molecule has 1 aromatic heterocycles. The maximum Gasteiger partial charge on any atom is 0.279 e. The van der Waals surface area contributed by atoms with E-state index in [1.807, 2.05) is 0 Å². The Balaban J connectivity index is 2.19. The second-order valence-electron chi connectivity index (χ2n) is 5.92. The number of nitrogens with zero attached hydrogens (tertiary/aromatic N) is 2. The zero-order chi connectivity index (χ0) is 14.2. The number of rotatable bonds is 1. The van der Waals surface area contributed by atoms with E-state index >= 15 is 0 Å². The topological polar surface area (TPSA) is 50.3 Å². The third-order valence-corrected chi connectivity index (χ3v) is 3.74. The summed E-state index contributed by atoms with van der Waals surface area (Å²) in [7, 11) is 0. The molecule has 19 heavy (non-hydrogen) atoms. The first-order chi connectivity index (χ1) is 8.79. The lowest BCUT2D eigenvalue weighted by molar-refractivity contribution is -0.125. The van der Waals surface area contributed by atoms with Gasteiger partial charge in [-0.3, -0.25) is 14.5 Å². The first-order valence-electron chi connectivity index (χ1n) is 6.26. The van der Waals surface area contributed by atoms with Crippen molar-refractivity contribution in [3.05, 3.63) is 29.0 Å². The molecule has 0 aromatic carbocycles. The lowest BCUT2D eigenvalue weighted by atomic mass is 9.80. The number of imide groups is 1. The van der Waals surface area contributed by atoms with Gasteiger partial charge in [0.1, 0.15) is 10.8 Å². The van der Waals surface area contributed by atoms with Crippen LogP contribution in [0.1, 0.15) is 37.7 Å². The van der Waals surface area contributed by atoms with Gasteiger partial charge in [-0.05, 0) is 23.5 Å². The monoisotopic (exact) mass is 280 g/mol. The van der Waals surface area contributed by atoms with Gasteiger partial charge in [-0.15, -0.1) is 0 Å². The molecule has 1 atom stereocenters. The van der Waals surface area contributed by atoms with E-state index in [2.05, 4.69) is 25.8 Å². The van der Waals surface area contributed by atoms with Gasteiger partial charge >= 0.3 is 0 Å². The van der Waals surface area contributed by atoms with Crippen molar-refractivity contribution in [2.75, 3.05) is 6.54 Å². The van der Waals surface area contributed by atoms with Gasteiger partial charge in [-0.1, -0.05) is 38.4 Å². The van der Waals surface area contributed by atoms with Gasteiger partial charge in [0.15, 0.2) is 0 Å². The summed E-state index contributed by atoms with van der Waals surface area (Å²) < 4.78 is 0. The number of likely N-dealkylation sites (tertiary alicyclic amines) is 1. The van der Waals surface area contributed by atoms with Crippen LogP contribution in [0.2, 0.25) is 5.15 Å². The lowest BCUT2D eigenvalue weighted by Crippen LogP contribution is -2.34. The smallest absolute Gasteiger partial charge is 0.277 e. The van der Waals surface area contributed by atoms with Crippen LogP contribution in [-0.4, -0.2) is 28.2 Å². The molecule has 1 aliphatic heterocycles. The summed E-state index contributed by atoms with van der Waals surface area (Å²) in [4.78, 5) is 29.5. The van der Waals surface area contributed by atoms with Crippen molar-refractivity contribution in [3.8, 4) is 0 Å². The lowest BCUT2D eigenvalue weighted by Gasteiger charge is -2.25. The number of aromatic nitrogens is 1. The molecule has 1 aliphatic rings. The minimum Gasteiger partial charge on any atom is -0.277 e. The molecule has 0 aliphatic carbocycles. The van der Waals surface area contributed by atoms with Crippen molar-refractivity contribution in [1.29, 1.82) is 0 Å². The summed E-state index contributed by atoms with van der Waals surface area (Å²) in [6.45, 7) is 6.69. The number of carbonyl (C=O) groups is 2. The van der Waals surface area contributed by atoms with Gasteiger partial charge < -0.3 is 0 Å². The normalized spacial score (nSPS) is 19.9. The Labute approximate surface area is 117 Å². The maximum absolute atomic E-state index is 12.3. The highest BCUT2D eigenvalue weighted by Crippen LogP contribution is 2.34. The molecule has 1 aromatic rings. The third kappa shape index (κ3) is 2.95. The number of hydrogen-bond acceptors (Lipinski definition) is 3. The number of pyridine rings is 1. The number of carbonyl (C=O) groups excluding carboxylic acids is 2. The Kier molecular flexibility index (Phi) is 3.63. The van der Waals surface area contributed by atoms with E-state index in [0.29, 0.717) is 13.0 Å². The second-order valence-corrected chi connectivity index (χ2v) is 6.31. The predicted molar refractivity (Wildman–Crippen MR) is 72.9 cm³/mol. The van der Waals surface area contributed by atoms with Gasteiger partial charge in [0.05, 0.1) is 0 Å². The highest BCUT2D eigenvalue weighted by molar-refractivity contribution is 6.29. The van der Waals surface area contributed by atoms with Crippen LogP contribution in [0.3, 0.4) is 0 Å². The van der Waals surface area contributed by atoms with E-state index in [-0.39, 0.29) is 34.0 Å². The predicted octanol–water partition coefficient (Wildman–Crippen LogP) is 2.77. The first kappa shape index (κ1) is 14.0. The molecule has 1 unspecified atom stereocenters. The number of amides is 2. The maximum atomic E-state index is 12.3. The van der Waals surface area contributed by atoms with Crippen LogP contribution in [-0.2, 0) is 4.79 Å². The number of hydrogen-bond donors (Lipinski definition) is 0. The molecule has 2 rings (SSSR count). The van der Waals surface area contributed by atoms with Crippen molar-refractivity contribution in [2.45, 2.75) is 27.2 Å². The molecule has 4 nitrogen and oxygen atoms in total. The first-order valence-corrected chi connectivity index (χ1v) is 6.64. The van der Waals surface area contributed by atoms with Gasteiger partial charge in [-0.25, -0.2) is 4.98 Å². The molecule has 0 saturated carbocycles. The van der Waals surface area contributed by atoms with E-state index in [0.717, 1.165) is 0 Å².